The second-order valence-electron chi connectivity index (χ2n) is 2.42. The molecule has 2 aliphatic carbocycles. The Labute approximate surface area is 106 Å². The van der Waals surface area contributed by atoms with Gasteiger partial charge in [-0.15, -0.1) is 0 Å². The first-order valence-electron chi connectivity index (χ1n) is 4.21. The fourth-order valence-electron chi connectivity index (χ4n) is 0.642. The van der Waals surface area contributed by atoms with Gasteiger partial charge in [0.05, 0.1) is 0 Å². The van der Waals surface area contributed by atoms with E-state index in [-0.39, 0.29) is 16.8 Å². The molecule has 88 valence electrons. The van der Waals surface area contributed by atoms with Crippen LogP contribution < -0.4 is 0 Å². The van der Waals surface area contributed by atoms with Crippen molar-refractivity contribution in [3.63, 3.8) is 0 Å². The van der Waals surface area contributed by atoms with Crippen LogP contribution in [0.1, 0.15) is 0 Å². The van der Waals surface area contributed by atoms with E-state index in [2.05, 4.69) is 0 Å². The Morgan fingerprint density at radius 3 is 0.562 bits per heavy atom. The van der Waals surface area contributed by atoms with Crippen molar-refractivity contribution in [3.8, 4) is 0 Å². The average molecular weight is 276 g/mol. The first-order valence-corrected chi connectivity index (χ1v) is 4.21. The van der Waals surface area contributed by atoms with Gasteiger partial charge in [0.2, 0.25) is 0 Å². The normalized spacial score (nSPS) is 18.8. The quantitative estimate of drug-likeness (QED) is 0.470. The Morgan fingerprint density at radius 1 is 0.438 bits per heavy atom. The Kier molecular flexibility index (Phi) is 13.7. The molecule has 0 aliphatic heterocycles. The van der Waals surface area contributed by atoms with Crippen LogP contribution in [0, 0.1) is 64.2 Å². The standard InChI is InChI=1S/2C5H5.BF4.Co/c2*1-2-4-5-3-1;2-1(3,4)5;/h2*1-5H;;/q;;-1;+3. The van der Waals surface area contributed by atoms with Crippen molar-refractivity contribution in [3.05, 3.63) is 64.2 Å². The van der Waals surface area contributed by atoms with Crippen LogP contribution in [0.2, 0.25) is 0 Å². The predicted molar refractivity (Wildman–Crippen MR) is 53.2 cm³/mol. The summed E-state index contributed by atoms with van der Waals surface area (Å²) in [7, 11) is -6.00. The van der Waals surface area contributed by atoms with E-state index < -0.39 is 7.25 Å². The maximum absolute atomic E-state index is 9.75. The summed E-state index contributed by atoms with van der Waals surface area (Å²) in [5.74, 6) is 0. The van der Waals surface area contributed by atoms with Crippen molar-refractivity contribution in [2.45, 2.75) is 0 Å². The molecule has 0 N–H and O–H groups in total. The van der Waals surface area contributed by atoms with E-state index in [4.69, 9.17) is 0 Å². The van der Waals surface area contributed by atoms with Gasteiger partial charge in [-0.25, -0.2) is 0 Å². The van der Waals surface area contributed by atoms with Gasteiger partial charge in [0, 0.05) is 0 Å². The van der Waals surface area contributed by atoms with Gasteiger partial charge in [-0.2, -0.15) is 0 Å². The smallest absolute Gasteiger partial charge is 0.418 e. The zero-order valence-corrected chi connectivity index (χ0v) is 9.24. The number of hydrogen-bond acceptors (Lipinski definition) is 0. The maximum atomic E-state index is 9.75. The summed E-state index contributed by atoms with van der Waals surface area (Å²) in [6.07, 6.45) is 20.0. The van der Waals surface area contributed by atoms with Gasteiger partial charge < -0.3 is 17.3 Å². The van der Waals surface area contributed by atoms with Gasteiger partial charge in [0.15, 0.2) is 0 Å². The third-order valence-corrected chi connectivity index (χ3v) is 1.11. The van der Waals surface area contributed by atoms with E-state index in [1.165, 1.54) is 0 Å². The van der Waals surface area contributed by atoms with Crippen molar-refractivity contribution in [1.82, 2.24) is 0 Å². The summed E-state index contributed by atoms with van der Waals surface area (Å²) in [4.78, 5) is 0. The predicted octanol–water partition coefficient (Wildman–Crippen LogP) is 3.34. The number of rotatable bonds is 0. The van der Waals surface area contributed by atoms with E-state index in [9.17, 15) is 17.3 Å². The van der Waals surface area contributed by atoms with Crippen molar-refractivity contribution in [2.75, 3.05) is 0 Å². The molecule has 0 amide bonds. The van der Waals surface area contributed by atoms with Crippen LogP contribution in [0.15, 0.2) is 0 Å². The topological polar surface area (TPSA) is 0 Å². The number of hydrogen-bond donors (Lipinski definition) is 0. The molecule has 0 heterocycles. The molecule has 6 heteroatoms. The first kappa shape index (κ1) is 18.7. The fourth-order valence-corrected chi connectivity index (χ4v) is 0.642. The van der Waals surface area contributed by atoms with Crippen molar-refractivity contribution >= 4 is 7.25 Å². The monoisotopic (exact) mass is 276 g/mol. The molecule has 10 radical (unpaired) electrons. The van der Waals surface area contributed by atoms with E-state index in [0.717, 1.165) is 0 Å². The maximum Gasteiger partial charge on any atom is 3.00 e. The zero-order valence-electron chi connectivity index (χ0n) is 8.20. The molecule has 0 bridgehead atoms. The summed E-state index contributed by atoms with van der Waals surface area (Å²) >= 11 is 0. The molecule has 2 fully saturated rings. The van der Waals surface area contributed by atoms with Crippen molar-refractivity contribution in [1.29, 1.82) is 0 Å². The SMILES string of the molecule is F[B-](F)(F)F.[CH]1[CH][CH][CH][CH]1.[CH]1[CH][CH][CH][CH]1.[Co+3]. The third-order valence-electron chi connectivity index (χ3n) is 1.11. The number of halogens is 4. The van der Waals surface area contributed by atoms with E-state index in [1.807, 2.05) is 64.2 Å². The third kappa shape index (κ3) is 23.8. The molecule has 0 aromatic heterocycles. The Bertz CT molecular complexity index is 102. The largest absolute Gasteiger partial charge is 3.00 e. The van der Waals surface area contributed by atoms with Crippen LogP contribution in [-0.2, 0) is 16.8 Å². The summed E-state index contributed by atoms with van der Waals surface area (Å²) in [6, 6.07) is 0. The van der Waals surface area contributed by atoms with Crippen LogP contribution in [0.25, 0.3) is 0 Å². The van der Waals surface area contributed by atoms with Gasteiger partial charge in [0.25, 0.3) is 0 Å². The van der Waals surface area contributed by atoms with Crippen LogP contribution in [0.4, 0.5) is 17.3 Å². The zero-order chi connectivity index (χ0) is 11.6. The molecule has 0 aromatic carbocycles. The van der Waals surface area contributed by atoms with Crippen molar-refractivity contribution < 1.29 is 34.0 Å². The van der Waals surface area contributed by atoms with Crippen molar-refractivity contribution in [2.24, 2.45) is 0 Å². The minimum absolute atomic E-state index is 0. The summed E-state index contributed by atoms with van der Waals surface area (Å²) in [5.41, 5.74) is 0. The molecule has 0 unspecified atom stereocenters. The van der Waals surface area contributed by atoms with Gasteiger partial charge in [-0.3, -0.25) is 0 Å². The van der Waals surface area contributed by atoms with Gasteiger partial charge >= 0.3 is 24.0 Å². The Balaban J connectivity index is 0. The molecule has 2 aliphatic rings. The molecule has 16 heavy (non-hydrogen) atoms. The molecule has 0 atom stereocenters. The molecule has 0 spiro atoms. The summed E-state index contributed by atoms with van der Waals surface area (Å²) in [5, 5.41) is 0. The summed E-state index contributed by atoms with van der Waals surface area (Å²) in [6.45, 7) is 0. The minimum Gasteiger partial charge on any atom is -0.418 e. The minimum atomic E-state index is -6.00. The molecule has 2 saturated carbocycles. The molecular weight excluding hydrogens is 266 g/mol. The van der Waals surface area contributed by atoms with Crippen LogP contribution >= 0.6 is 0 Å². The van der Waals surface area contributed by atoms with Gasteiger partial charge in [-0.1, -0.05) is 0 Å². The van der Waals surface area contributed by atoms with E-state index >= 15 is 0 Å². The second kappa shape index (κ2) is 11.8. The second-order valence-corrected chi connectivity index (χ2v) is 2.42. The molecule has 0 saturated heterocycles. The molecule has 0 nitrogen and oxygen atoms in total. The van der Waals surface area contributed by atoms with Gasteiger partial charge in [-0.05, 0) is 64.2 Å². The Hall–Kier alpha value is 0.291. The fraction of sp³-hybridized carbons (Fsp3) is 0. The molecule has 0 aromatic rings. The molecular formula is C10H10BCoF4+2. The van der Waals surface area contributed by atoms with E-state index in [1.54, 1.807) is 0 Å². The van der Waals surface area contributed by atoms with E-state index in [0.29, 0.717) is 0 Å². The first-order chi connectivity index (χ1) is 7.00. The Morgan fingerprint density at radius 2 is 0.500 bits per heavy atom. The van der Waals surface area contributed by atoms with Gasteiger partial charge in [0.1, 0.15) is 0 Å². The van der Waals surface area contributed by atoms with Crippen LogP contribution in [0.5, 0.6) is 0 Å². The average Bonchev–Trinajstić information content (AvgIpc) is 2.81. The van der Waals surface area contributed by atoms with Crippen LogP contribution in [-0.4, -0.2) is 7.25 Å². The van der Waals surface area contributed by atoms with Crippen LogP contribution in [0.3, 0.4) is 0 Å². The molecule has 2 rings (SSSR count). The summed E-state index contributed by atoms with van der Waals surface area (Å²) < 4.78 is 39.0.